The molecule has 0 unspecified atom stereocenters. The van der Waals surface area contributed by atoms with Crippen LogP contribution in [0.15, 0.2) is 35.5 Å². The fourth-order valence-electron chi connectivity index (χ4n) is 7.59. The molecule has 3 aliphatic carbocycles. The van der Waals surface area contributed by atoms with Crippen molar-refractivity contribution in [2.75, 3.05) is 38.5 Å². The maximum Gasteiger partial charge on any atom is 0.213 e. The lowest BCUT2D eigenvalue weighted by molar-refractivity contribution is 0.0698. The van der Waals surface area contributed by atoms with E-state index in [2.05, 4.69) is 37.5 Å². The zero-order valence-electron chi connectivity index (χ0n) is 22.0. The smallest absolute Gasteiger partial charge is 0.213 e. The summed E-state index contributed by atoms with van der Waals surface area (Å²) in [5.74, 6) is 2.04. The van der Waals surface area contributed by atoms with Gasteiger partial charge in [0.05, 0.1) is 18.0 Å². The molecule has 0 amide bonds. The van der Waals surface area contributed by atoms with E-state index >= 15 is 0 Å². The van der Waals surface area contributed by atoms with Gasteiger partial charge in [0.15, 0.2) is 0 Å². The first-order chi connectivity index (χ1) is 16.5. The van der Waals surface area contributed by atoms with Crippen LogP contribution in [-0.4, -0.2) is 78.5 Å². The highest BCUT2D eigenvalue weighted by Gasteiger charge is 2.50. The Hall–Kier alpha value is -0.990. The van der Waals surface area contributed by atoms with Crippen molar-refractivity contribution in [3.8, 4) is 0 Å². The first kappa shape index (κ1) is 27.1. The third-order valence-corrected chi connectivity index (χ3v) is 11.5. The third-order valence-electron chi connectivity index (χ3n) is 9.62. The number of nitrogens with zero attached hydrogens (tertiary/aromatic N) is 2. The summed E-state index contributed by atoms with van der Waals surface area (Å²) in [5.41, 5.74) is 3.58. The van der Waals surface area contributed by atoms with Crippen LogP contribution in [0.5, 0.6) is 0 Å². The Morgan fingerprint density at radius 1 is 1.17 bits per heavy atom. The standard InChI is InChI=1S/C28H46N2O4S/c1-5-35(33,34)30-15-13-29(14-16-30)19-20(2)25-10-11-26-22(7-6-12-28(25,26)4)8-9-23-17-24(31)18-27(32)21(23)3/h8-9,20,24-27,31-32H,3,5-7,10-19H2,1-2,4H3/b22-8+,23-9-/t20-,24-,25-,26+,27+,28-/m1/s1. The summed E-state index contributed by atoms with van der Waals surface area (Å²) in [6, 6.07) is 0. The predicted octanol–water partition coefficient (Wildman–Crippen LogP) is 3.73. The maximum absolute atomic E-state index is 12.2. The van der Waals surface area contributed by atoms with Gasteiger partial charge in [0.1, 0.15) is 0 Å². The van der Waals surface area contributed by atoms with Crippen molar-refractivity contribution >= 4 is 10.0 Å². The Balaban J connectivity index is 1.40. The van der Waals surface area contributed by atoms with Gasteiger partial charge in [-0.15, -0.1) is 0 Å². The zero-order chi connectivity index (χ0) is 25.4. The molecule has 3 saturated carbocycles. The minimum absolute atomic E-state index is 0.188. The Kier molecular flexibility index (Phi) is 8.33. The van der Waals surface area contributed by atoms with E-state index in [0.29, 0.717) is 49.1 Å². The number of rotatable bonds is 6. The summed E-state index contributed by atoms with van der Waals surface area (Å²) in [4.78, 5) is 2.47. The van der Waals surface area contributed by atoms with Gasteiger partial charge in [0.2, 0.25) is 10.0 Å². The highest BCUT2D eigenvalue weighted by atomic mass is 32.2. The van der Waals surface area contributed by atoms with E-state index < -0.39 is 22.2 Å². The van der Waals surface area contributed by atoms with Crippen LogP contribution in [0, 0.1) is 23.2 Å². The van der Waals surface area contributed by atoms with Crippen LogP contribution in [0.3, 0.4) is 0 Å². The van der Waals surface area contributed by atoms with E-state index in [1.165, 1.54) is 31.3 Å². The van der Waals surface area contributed by atoms with E-state index in [9.17, 15) is 18.6 Å². The van der Waals surface area contributed by atoms with Gasteiger partial charge in [-0.25, -0.2) is 8.42 Å². The van der Waals surface area contributed by atoms with Gasteiger partial charge < -0.3 is 15.1 Å². The summed E-state index contributed by atoms with van der Waals surface area (Å²) in [6.07, 6.45) is 10.3. The molecule has 4 aliphatic rings. The Morgan fingerprint density at radius 2 is 1.89 bits per heavy atom. The molecule has 0 spiro atoms. The molecule has 0 aromatic rings. The molecule has 0 bridgehead atoms. The van der Waals surface area contributed by atoms with E-state index in [0.717, 1.165) is 37.2 Å². The summed E-state index contributed by atoms with van der Waals surface area (Å²) < 4.78 is 26.1. The molecule has 35 heavy (non-hydrogen) atoms. The van der Waals surface area contributed by atoms with Crippen LogP contribution in [-0.2, 0) is 10.0 Å². The summed E-state index contributed by atoms with van der Waals surface area (Å²) in [7, 11) is -3.08. The van der Waals surface area contributed by atoms with E-state index in [-0.39, 0.29) is 5.75 Å². The molecule has 1 saturated heterocycles. The van der Waals surface area contributed by atoms with Crippen molar-refractivity contribution in [1.29, 1.82) is 0 Å². The van der Waals surface area contributed by atoms with Crippen molar-refractivity contribution in [3.63, 3.8) is 0 Å². The number of sulfonamides is 1. The van der Waals surface area contributed by atoms with Gasteiger partial charge >= 0.3 is 0 Å². The van der Waals surface area contributed by atoms with Crippen molar-refractivity contribution in [3.05, 3.63) is 35.5 Å². The van der Waals surface area contributed by atoms with Gasteiger partial charge in [0.25, 0.3) is 0 Å². The van der Waals surface area contributed by atoms with Crippen LogP contribution >= 0.6 is 0 Å². The summed E-state index contributed by atoms with van der Waals surface area (Å²) >= 11 is 0. The molecule has 1 aliphatic heterocycles. The number of piperazine rings is 1. The van der Waals surface area contributed by atoms with Crippen molar-refractivity contribution < 1.29 is 18.6 Å². The average molecular weight is 507 g/mol. The van der Waals surface area contributed by atoms with Crippen LogP contribution in [0.25, 0.3) is 0 Å². The number of allylic oxidation sites excluding steroid dienone is 3. The van der Waals surface area contributed by atoms with Crippen LogP contribution in [0.4, 0.5) is 0 Å². The predicted molar refractivity (Wildman–Crippen MR) is 141 cm³/mol. The lowest BCUT2D eigenvalue weighted by Gasteiger charge is -2.45. The molecule has 198 valence electrons. The number of hydrogen-bond donors (Lipinski definition) is 2. The minimum atomic E-state index is -3.08. The van der Waals surface area contributed by atoms with Gasteiger partial charge in [-0.1, -0.05) is 38.2 Å². The highest BCUT2D eigenvalue weighted by molar-refractivity contribution is 7.89. The van der Waals surface area contributed by atoms with E-state index in [1.54, 1.807) is 11.2 Å². The van der Waals surface area contributed by atoms with Crippen molar-refractivity contribution in [2.24, 2.45) is 23.2 Å². The molecule has 4 fully saturated rings. The molecule has 7 heteroatoms. The average Bonchev–Trinajstić information content (AvgIpc) is 3.18. The molecule has 6 nitrogen and oxygen atoms in total. The molecule has 0 aromatic carbocycles. The fourth-order valence-corrected chi connectivity index (χ4v) is 8.67. The largest absolute Gasteiger partial charge is 0.393 e. The topological polar surface area (TPSA) is 81.1 Å². The molecule has 6 atom stereocenters. The second-order valence-electron chi connectivity index (χ2n) is 11.7. The van der Waals surface area contributed by atoms with Crippen LogP contribution in [0.1, 0.15) is 65.7 Å². The Bertz CT molecular complexity index is 950. The van der Waals surface area contributed by atoms with Crippen molar-refractivity contribution in [1.82, 2.24) is 9.21 Å². The summed E-state index contributed by atoms with van der Waals surface area (Å²) in [6.45, 7) is 14.6. The molecule has 4 rings (SSSR count). The number of aliphatic hydroxyl groups is 2. The van der Waals surface area contributed by atoms with E-state index in [4.69, 9.17) is 0 Å². The maximum atomic E-state index is 12.2. The lowest BCUT2D eigenvalue weighted by Crippen LogP contribution is -2.50. The Labute approximate surface area is 212 Å². The quantitative estimate of drug-likeness (QED) is 0.574. The molecular formula is C28H46N2O4S. The first-order valence-corrected chi connectivity index (χ1v) is 15.3. The molecule has 0 aromatic heterocycles. The van der Waals surface area contributed by atoms with Crippen LogP contribution < -0.4 is 0 Å². The Morgan fingerprint density at radius 3 is 2.57 bits per heavy atom. The zero-order valence-corrected chi connectivity index (χ0v) is 22.8. The number of fused-ring (bicyclic) bond motifs is 1. The van der Waals surface area contributed by atoms with E-state index in [1.807, 2.05) is 0 Å². The van der Waals surface area contributed by atoms with Crippen molar-refractivity contribution in [2.45, 2.75) is 77.9 Å². The van der Waals surface area contributed by atoms with Gasteiger partial charge in [-0.05, 0) is 79.8 Å². The monoisotopic (exact) mass is 506 g/mol. The van der Waals surface area contributed by atoms with Gasteiger partial charge in [-0.3, -0.25) is 0 Å². The van der Waals surface area contributed by atoms with Gasteiger partial charge in [0, 0.05) is 39.1 Å². The summed E-state index contributed by atoms with van der Waals surface area (Å²) in [5, 5.41) is 20.3. The molecule has 2 N–H and O–H groups in total. The van der Waals surface area contributed by atoms with Crippen LogP contribution in [0.2, 0.25) is 0 Å². The van der Waals surface area contributed by atoms with Gasteiger partial charge in [-0.2, -0.15) is 4.31 Å². The fraction of sp³-hybridized carbons (Fsp3) is 0.786. The molecular weight excluding hydrogens is 460 g/mol. The normalized spacial score (nSPS) is 38.7. The number of aliphatic hydroxyl groups excluding tert-OH is 2. The number of hydrogen-bond acceptors (Lipinski definition) is 5. The lowest BCUT2D eigenvalue weighted by atomic mass is 9.61. The first-order valence-electron chi connectivity index (χ1n) is 13.7. The molecule has 0 radical (unpaired) electrons. The highest BCUT2D eigenvalue weighted by Crippen LogP contribution is 2.59. The third kappa shape index (κ3) is 5.64. The second-order valence-corrected chi connectivity index (χ2v) is 14.0. The minimum Gasteiger partial charge on any atom is -0.393 e. The SMILES string of the molecule is C=C1/C(=C\C=C2/CCC[C@]3(C)[C@@H]([C@H](C)CN4CCN(S(=O)(=O)CC)CC4)CC[C@@H]23)C[C@@H](O)C[C@@H]1O. The second kappa shape index (κ2) is 10.8. The molecule has 1 heterocycles.